The number of methoxy groups -OCH3 is 2. The van der Waals surface area contributed by atoms with Crippen molar-refractivity contribution in [1.29, 1.82) is 0 Å². The zero-order valence-electron chi connectivity index (χ0n) is 13.6. The lowest BCUT2D eigenvalue weighted by molar-refractivity contribution is -0.385. The summed E-state index contributed by atoms with van der Waals surface area (Å²) >= 11 is 0. The van der Waals surface area contributed by atoms with Gasteiger partial charge in [-0.05, 0) is 19.4 Å². The third-order valence-corrected chi connectivity index (χ3v) is 4.18. The van der Waals surface area contributed by atoms with Crippen LogP contribution >= 0.6 is 0 Å². The molecule has 24 heavy (non-hydrogen) atoms. The van der Waals surface area contributed by atoms with Gasteiger partial charge < -0.3 is 19.5 Å². The van der Waals surface area contributed by atoms with Crippen LogP contribution in [-0.4, -0.2) is 54.1 Å². The summed E-state index contributed by atoms with van der Waals surface area (Å²) in [6.07, 6.45) is 0.323. The van der Waals surface area contributed by atoms with E-state index in [2.05, 4.69) is 0 Å². The lowest BCUT2D eigenvalue weighted by atomic mass is 9.90. The second-order valence-electron chi connectivity index (χ2n) is 5.83. The fourth-order valence-corrected chi connectivity index (χ4v) is 2.69. The molecule has 1 aromatic rings. The van der Waals surface area contributed by atoms with E-state index in [4.69, 9.17) is 9.47 Å². The number of carboxylic acids is 1. The molecule has 0 bridgehead atoms. The van der Waals surface area contributed by atoms with Gasteiger partial charge in [0.1, 0.15) is 0 Å². The van der Waals surface area contributed by atoms with Crippen molar-refractivity contribution in [2.45, 2.75) is 13.3 Å². The number of nitro groups is 1. The first-order valence-corrected chi connectivity index (χ1v) is 7.16. The normalized spacial score (nSPS) is 19.9. The SMILES string of the molecule is COc1cc(C(=O)N2CCC(C)(C(=O)O)C2)cc([N+](=O)[O-])c1OC. The van der Waals surface area contributed by atoms with E-state index >= 15 is 0 Å². The van der Waals surface area contributed by atoms with Gasteiger partial charge in [0.25, 0.3) is 5.91 Å². The molecule has 1 aliphatic heterocycles. The Morgan fingerprint density at radius 1 is 1.33 bits per heavy atom. The Balaban J connectivity index is 2.39. The van der Waals surface area contributed by atoms with Gasteiger partial charge in [-0.25, -0.2) is 0 Å². The van der Waals surface area contributed by atoms with Gasteiger partial charge in [0, 0.05) is 19.2 Å². The van der Waals surface area contributed by atoms with Gasteiger partial charge in [0.05, 0.1) is 30.1 Å². The monoisotopic (exact) mass is 338 g/mol. The first kappa shape index (κ1) is 17.5. The molecule has 1 amide bonds. The number of rotatable bonds is 5. The first-order chi connectivity index (χ1) is 11.2. The molecule has 130 valence electrons. The summed E-state index contributed by atoms with van der Waals surface area (Å²) in [5.74, 6) is -1.47. The lowest BCUT2D eigenvalue weighted by Crippen LogP contribution is -2.34. The van der Waals surface area contributed by atoms with E-state index in [1.807, 2.05) is 0 Å². The highest BCUT2D eigenvalue weighted by Gasteiger charge is 2.42. The number of hydrogen-bond acceptors (Lipinski definition) is 6. The van der Waals surface area contributed by atoms with E-state index in [9.17, 15) is 24.8 Å². The van der Waals surface area contributed by atoms with Crippen LogP contribution in [0.4, 0.5) is 5.69 Å². The summed E-state index contributed by atoms with van der Waals surface area (Å²) in [4.78, 5) is 35.8. The van der Waals surface area contributed by atoms with Crippen molar-refractivity contribution in [3.05, 3.63) is 27.8 Å². The first-order valence-electron chi connectivity index (χ1n) is 7.16. The molecular weight excluding hydrogens is 320 g/mol. The van der Waals surface area contributed by atoms with E-state index in [0.29, 0.717) is 6.42 Å². The standard InChI is InChI=1S/C15H18N2O7/c1-15(14(19)20)4-5-16(8-15)13(18)9-6-10(17(21)22)12(24-3)11(7-9)23-2/h6-7H,4-5,8H2,1-3H3,(H,19,20). The fourth-order valence-electron chi connectivity index (χ4n) is 2.69. The van der Waals surface area contributed by atoms with E-state index in [0.717, 1.165) is 6.07 Å². The molecule has 1 unspecified atom stereocenters. The molecule has 1 atom stereocenters. The van der Waals surface area contributed by atoms with Crippen LogP contribution < -0.4 is 9.47 Å². The molecule has 1 saturated heterocycles. The average Bonchev–Trinajstić information content (AvgIpc) is 2.96. The maximum absolute atomic E-state index is 12.6. The number of hydrogen-bond donors (Lipinski definition) is 1. The zero-order valence-corrected chi connectivity index (χ0v) is 13.6. The van der Waals surface area contributed by atoms with Crippen LogP contribution in [0.5, 0.6) is 11.5 Å². The minimum absolute atomic E-state index is 0.0449. The summed E-state index contributed by atoms with van der Waals surface area (Å²) < 4.78 is 10.0. The Hall–Kier alpha value is -2.84. The van der Waals surface area contributed by atoms with Crippen LogP contribution in [0, 0.1) is 15.5 Å². The summed E-state index contributed by atoms with van der Waals surface area (Å²) in [5, 5.41) is 20.5. The van der Waals surface area contributed by atoms with Crippen molar-refractivity contribution >= 4 is 17.6 Å². The second-order valence-corrected chi connectivity index (χ2v) is 5.83. The Bertz CT molecular complexity index is 703. The molecular formula is C15H18N2O7. The van der Waals surface area contributed by atoms with Gasteiger partial charge in [-0.1, -0.05) is 0 Å². The number of ether oxygens (including phenoxy) is 2. The average molecular weight is 338 g/mol. The third kappa shape index (κ3) is 2.97. The third-order valence-electron chi connectivity index (χ3n) is 4.18. The Kier molecular flexibility index (Phi) is 4.63. The molecule has 0 radical (unpaired) electrons. The van der Waals surface area contributed by atoms with Gasteiger partial charge in [0.15, 0.2) is 5.75 Å². The van der Waals surface area contributed by atoms with Gasteiger partial charge in [-0.15, -0.1) is 0 Å². The highest BCUT2D eigenvalue weighted by Crippen LogP contribution is 2.39. The Labute approximate surface area is 137 Å². The van der Waals surface area contributed by atoms with E-state index in [-0.39, 0.29) is 35.8 Å². The zero-order chi connectivity index (χ0) is 18.1. The molecule has 9 heteroatoms. The largest absolute Gasteiger partial charge is 0.493 e. The smallest absolute Gasteiger partial charge is 0.315 e. The van der Waals surface area contributed by atoms with E-state index < -0.39 is 22.2 Å². The number of amides is 1. The van der Waals surface area contributed by atoms with Gasteiger partial charge in [0.2, 0.25) is 5.75 Å². The second kappa shape index (κ2) is 6.34. The number of carbonyl (C=O) groups is 2. The predicted octanol–water partition coefficient (Wildman–Crippen LogP) is 1.55. The maximum atomic E-state index is 12.6. The number of likely N-dealkylation sites (tertiary alicyclic amines) is 1. The van der Waals surface area contributed by atoms with Gasteiger partial charge >= 0.3 is 11.7 Å². The molecule has 0 aromatic heterocycles. The van der Waals surface area contributed by atoms with Gasteiger partial charge in [-0.3, -0.25) is 19.7 Å². The number of aliphatic carboxylic acids is 1. The molecule has 0 saturated carbocycles. The topological polar surface area (TPSA) is 119 Å². The molecule has 1 aromatic carbocycles. The van der Waals surface area contributed by atoms with Crippen molar-refractivity contribution in [1.82, 2.24) is 4.90 Å². The molecule has 9 nitrogen and oxygen atoms in total. The van der Waals surface area contributed by atoms with Crippen LogP contribution in [-0.2, 0) is 4.79 Å². The molecule has 1 heterocycles. The van der Waals surface area contributed by atoms with Crippen LogP contribution in [0.25, 0.3) is 0 Å². The number of benzene rings is 1. The molecule has 1 aliphatic rings. The Morgan fingerprint density at radius 2 is 2.00 bits per heavy atom. The molecule has 0 aliphatic carbocycles. The van der Waals surface area contributed by atoms with Crippen LogP contribution in [0.3, 0.4) is 0 Å². The summed E-state index contributed by atoms with van der Waals surface area (Å²) in [7, 11) is 2.58. The highest BCUT2D eigenvalue weighted by atomic mass is 16.6. The molecule has 1 N–H and O–H groups in total. The Morgan fingerprint density at radius 3 is 2.46 bits per heavy atom. The van der Waals surface area contributed by atoms with Crippen LogP contribution in [0.15, 0.2) is 12.1 Å². The highest BCUT2D eigenvalue weighted by molar-refractivity contribution is 5.96. The van der Waals surface area contributed by atoms with Crippen LogP contribution in [0.1, 0.15) is 23.7 Å². The molecule has 1 fully saturated rings. The van der Waals surface area contributed by atoms with Gasteiger partial charge in [-0.2, -0.15) is 0 Å². The predicted molar refractivity (Wildman–Crippen MR) is 82.5 cm³/mol. The van der Waals surface area contributed by atoms with E-state index in [1.54, 1.807) is 6.92 Å². The van der Waals surface area contributed by atoms with Crippen molar-refractivity contribution in [3.63, 3.8) is 0 Å². The fraction of sp³-hybridized carbons (Fsp3) is 0.467. The summed E-state index contributed by atoms with van der Waals surface area (Å²) in [6.45, 7) is 1.88. The number of nitrogens with zero attached hydrogens (tertiary/aromatic N) is 2. The molecule has 2 rings (SSSR count). The van der Waals surface area contributed by atoms with Crippen molar-refractivity contribution in [2.24, 2.45) is 5.41 Å². The quantitative estimate of drug-likeness (QED) is 0.639. The lowest BCUT2D eigenvalue weighted by Gasteiger charge is -2.20. The van der Waals surface area contributed by atoms with Crippen molar-refractivity contribution < 1.29 is 29.1 Å². The summed E-state index contributed by atoms with van der Waals surface area (Å²) in [5.41, 5.74) is -1.35. The minimum Gasteiger partial charge on any atom is -0.493 e. The minimum atomic E-state index is -1.02. The number of carbonyl (C=O) groups excluding carboxylic acids is 1. The number of nitro benzene ring substituents is 1. The molecule has 0 spiro atoms. The summed E-state index contributed by atoms with van der Waals surface area (Å²) in [6, 6.07) is 2.46. The number of carboxylic acid groups (broad SMARTS) is 1. The van der Waals surface area contributed by atoms with Crippen molar-refractivity contribution in [3.8, 4) is 11.5 Å². The van der Waals surface area contributed by atoms with E-state index in [1.165, 1.54) is 25.2 Å². The maximum Gasteiger partial charge on any atom is 0.315 e. The van der Waals surface area contributed by atoms with Crippen molar-refractivity contribution in [2.75, 3.05) is 27.3 Å². The van der Waals surface area contributed by atoms with Crippen LogP contribution in [0.2, 0.25) is 0 Å².